The number of benzene rings is 1. The lowest BCUT2D eigenvalue weighted by Crippen LogP contribution is -2.32. The maximum Gasteiger partial charge on any atom is 0.348 e. The van der Waals surface area contributed by atoms with E-state index in [1.807, 2.05) is 13.8 Å². The Labute approximate surface area is 201 Å². The molecular weight excluding hydrogens is 464 g/mol. The summed E-state index contributed by atoms with van der Waals surface area (Å²) >= 11 is 1.07. The minimum Gasteiger partial charge on any atom is -0.490 e. The summed E-state index contributed by atoms with van der Waals surface area (Å²) in [5.74, 6) is -1.40. The predicted molar refractivity (Wildman–Crippen MR) is 126 cm³/mol. The highest BCUT2D eigenvalue weighted by atomic mass is 32.1. The molecule has 0 radical (unpaired) electrons. The van der Waals surface area contributed by atoms with Gasteiger partial charge in [0.25, 0.3) is 11.8 Å². The highest BCUT2D eigenvalue weighted by molar-refractivity contribution is 7.18. The molecule has 2 N–H and O–H groups in total. The molecule has 0 fully saturated rings. The first kappa shape index (κ1) is 26.7. The van der Waals surface area contributed by atoms with Gasteiger partial charge < -0.3 is 29.6 Å². The molecule has 10 nitrogen and oxygen atoms in total. The molecule has 11 heteroatoms. The molecule has 34 heavy (non-hydrogen) atoms. The van der Waals surface area contributed by atoms with Crippen LogP contribution in [0.25, 0.3) is 0 Å². The van der Waals surface area contributed by atoms with Crippen LogP contribution >= 0.6 is 11.3 Å². The van der Waals surface area contributed by atoms with E-state index in [0.717, 1.165) is 11.3 Å². The second kappa shape index (κ2) is 13.2. The van der Waals surface area contributed by atoms with Crippen molar-refractivity contribution in [3.05, 3.63) is 40.3 Å². The molecule has 0 unspecified atom stereocenters. The molecule has 2 aromatic rings. The Kier molecular flexibility index (Phi) is 10.3. The van der Waals surface area contributed by atoms with E-state index < -0.39 is 36.9 Å². The van der Waals surface area contributed by atoms with E-state index in [2.05, 4.69) is 10.6 Å². The topological polar surface area (TPSA) is 129 Å². The van der Waals surface area contributed by atoms with Crippen LogP contribution in [0.15, 0.2) is 24.3 Å². The van der Waals surface area contributed by atoms with Crippen LogP contribution in [0.2, 0.25) is 0 Å². The van der Waals surface area contributed by atoms with Crippen molar-refractivity contribution >= 4 is 40.1 Å². The van der Waals surface area contributed by atoms with E-state index in [9.17, 15) is 19.2 Å². The van der Waals surface area contributed by atoms with Crippen LogP contribution in [-0.2, 0) is 19.1 Å². The third-order valence-electron chi connectivity index (χ3n) is 4.20. The molecule has 0 saturated carbocycles. The fourth-order valence-corrected chi connectivity index (χ4v) is 3.74. The molecular formula is C23H28N2O8S. The van der Waals surface area contributed by atoms with Crippen LogP contribution in [0.4, 0.5) is 5.00 Å². The highest BCUT2D eigenvalue weighted by Crippen LogP contribution is 2.29. The Hall–Kier alpha value is -3.60. The second-order valence-corrected chi connectivity index (χ2v) is 7.81. The average molecular weight is 493 g/mol. The van der Waals surface area contributed by atoms with Crippen molar-refractivity contribution in [2.75, 3.05) is 38.3 Å². The Morgan fingerprint density at radius 1 is 0.912 bits per heavy atom. The number of esters is 2. The molecule has 0 spiro atoms. The van der Waals surface area contributed by atoms with E-state index in [4.69, 9.17) is 18.9 Å². The average Bonchev–Trinajstić information content (AvgIpc) is 3.17. The Bertz CT molecular complexity index is 1030. The maximum atomic E-state index is 12.4. The number of hydrogen-bond donors (Lipinski definition) is 2. The van der Waals surface area contributed by atoms with E-state index in [1.165, 1.54) is 6.07 Å². The zero-order chi connectivity index (χ0) is 25.1. The van der Waals surface area contributed by atoms with Crippen molar-refractivity contribution < 1.29 is 38.1 Å². The van der Waals surface area contributed by atoms with Crippen LogP contribution in [0.5, 0.6) is 11.5 Å². The van der Waals surface area contributed by atoms with Crippen molar-refractivity contribution in [2.24, 2.45) is 0 Å². The molecule has 2 rings (SSSR count). The third-order valence-corrected chi connectivity index (χ3v) is 5.34. The van der Waals surface area contributed by atoms with Crippen LogP contribution in [-0.4, -0.2) is 56.7 Å². The highest BCUT2D eigenvalue weighted by Gasteiger charge is 2.17. The largest absolute Gasteiger partial charge is 0.490 e. The lowest BCUT2D eigenvalue weighted by molar-refractivity contribution is -0.146. The number of anilines is 1. The fourth-order valence-electron chi connectivity index (χ4n) is 2.76. The normalized spacial score (nSPS) is 10.2. The first-order chi connectivity index (χ1) is 16.3. The summed E-state index contributed by atoms with van der Waals surface area (Å²) in [5.41, 5.74) is 0.947. The second-order valence-electron chi connectivity index (χ2n) is 6.76. The molecule has 0 bridgehead atoms. The molecule has 1 aromatic carbocycles. The van der Waals surface area contributed by atoms with Crippen LogP contribution < -0.4 is 20.1 Å². The standard InChI is InChI=1S/C23H28N2O8S/c1-5-30-16-9-8-15(11-17(16)31-6-2)22(28)24-12-20(27)33-13-18(26)25-19-10-14(4)21(34-19)23(29)32-7-3/h8-11H,5-7,12-13H2,1-4H3,(H,24,28)(H,25,26). The van der Waals surface area contributed by atoms with Crippen molar-refractivity contribution in [1.29, 1.82) is 0 Å². The van der Waals surface area contributed by atoms with E-state index in [0.29, 0.717) is 40.2 Å². The van der Waals surface area contributed by atoms with Gasteiger partial charge >= 0.3 is 11.9 Å². The monoisotopic (exact) mass is 492 g/mol. The zero-order valence-electron chi connectivity index (χ0n) is 19.5. The van der Waals surface area contributed by atoms with Gasteiger partial charge in [0.15, 0.2) is 18.1 Å². The molecule has 0 aliphatic carbocycles. The number of rotatable bonds is 12. The van der Waals surface area contributed by atoms with Crippen LogP contribution in [0.1, 0.15) is 46.4 Å². The number of aryl methyl sites for hydroxylation is 1. The smallest absolute Gasteiger partial charge is 0.348 e. The molecule has 1 heterocycles. The molecule has 0 aliphatic heterocycles. The van der Waals surface area contributed by atoms with Crippen molar-refractivity contribution in [1.82, 2.24) is 5.32 Å². The minimum absolute atomic E-state index is 0.247. The zero-order valence-corrected chi connectivity index (χ0v) is 20.3. The Morgan fingerprint density at radius 3 is 2.29 bits per heavy atom. The van der Waals surface area contributed by atoms with E-state index >= 15 is 0 Å². The van der Waals surface area contributed by atoms with Gasteiger partial charge in [-0.25, -0.2) is 4.79 Å². The summed E-state index contributed by atoms with van der Waals surface area (Å²) in [6, 6.07) is 6.32. The lowest BCUT2D eigenvalue weighted by Gasteiger charge is -2.12. The summed E-state index contributed by atoms with van der Waals surface area (Å²) in [7, 11) is 0. The van der Waals surface area contributed by atoms with Crippen LogP contribution in [0.3, 0.4) is 0 Å². The van der Waals surface area contributed by atoms with Gasteiger partial charge in [0.1, 0.15) is 11.4 Å². The third kappa shape index (κ3) is 7.77. The molecule has 2 amide bonds. The molecule has 184 valence electrons. The molecule has 0 saturated heterocycles. The van der Waals surface area contributed by atoms with Crippen LogP contribution in [0, 0.1) is 6.92 Å². The summed E-state index contributed by atoms with van der Waals surface area (Å²) in [6.45, 7) is 7.21. The first-order valence-electron chi connectivity index (χ1n) is 10.7. The van der Waals surface area contributed by atoms with E-state index in [-0.39, 0.29) is 12.2 Å². The number of nitrogens with one attached hydrogen (secondary N) is 2. The first-order valence-corrected chi connectivity index (χ1v) is 11.5. The number of ether oxygens (including phenoxy) is 4. The minimum atomic E-state index is -0.783. The van der Waals surface area contributed by atoms with Gasteiger partial charge in [-0.2, -0.15) is 0 Å². The quantitative estimate of drug-likeness (QED) is 0.433. The van der Waals surface area contributed by atoms with Gasteiger partial charge in [-0.3, -0.25) is 14.4 Å². The summed E-state index contributed by atoms with van der Waals surface area (Å²) < 4.78 is 20.8. The number of carbonyl (C=O) groups excluding carboxylic acids is 4. The SMILES string of the molecule is CCOC(=O)c1sc(NC(=O)COC(=O)CNC(=O)c2ccc(OCC)c(OCC)c2)cc1C. The van der Waals surface area contributed by atoms with Crippen molar-refractivity contribution in [2.45, 2.75) is 27.7 Å². The molecule has 0 aliphatic rings. The Morgan fingerprint density at radius 2 is 1.62 bits per heavy atom. The number of amides is 2. The predicted octanol–water partition coefficient (Wildman–Crippen LogP) is 2.94. The van der Waals surface area contributed by atoms with E-state index in [1.54, 1.807) is 32.0 Å². The number of carbonyl (C=O) groups is 4. The number of thiophene rings is 1. The maximum absolute atomic E-state index is 12.4. The Balaban J connectivity index is 1.82. The summed E-state index contributed by atoms with van der Waals surface area (Å²) in [5, 5.41) is 5.43. The summed E-state index contributed by atoms with van der Waals surface area (Å²) in [6.07, 6.45) is 0. The van der Waals surface area contributed by atoms with Gasteiger partial charge in [0.05, 0.1) is 24.8 Å². The van der Waals surface area contributed by atoms with Gasteiger partial charge in [0, 0.05) is 5.56 Å². The lowest BCUT2D eigenvalue weighted by atomic mass is 10.2. The molecule has 1 aromatic heterocycles. The van der Waals surface area contributed by atoms with Crippen molar-refractivity contribution in [3.8, 4) is 11.5 Å². The fraction of sp³-hybridized carbons (Fsp3) is 0.391. The van der Waals surface area contributed by atoms with Crippen molar-refractivity contribution in [3.63, 3.8) is 0 Å². The summed E-state index contributed by atoms with van der Waals surface area (Å²) in [4.78, 5) is 48.6. The van der Waals surface area contributed by atoms with Gasteiger partial charge in [0.2, 0.25) is 0 Å². The molecule has 0 atom stereocenters. The van der Waals surface area contributed by atoms with Gasteiger partial charge in [-0.05, 0) is 57.5 Å². The number of hydrogen-bond acceptors (Lipinski definition) is 9. The van der Waals surface area contributed by atoms with Gasteiger partial charge in [-0.15, -0.1) is 11.3 Å². The van der Waals surface area contributed by atoms with Gasteiger partial charge in [-0.1, -0.05) is 0 Å².